The third kappa shape index (κ3) is 2.60. The summed E-state index contributed by atoms with van der Waals surface area (Å²) in [6.07, 6.45) is -0.421. The molecule has 2 atom stereocenters. The average molecular weight is 302 g/mol. The Kier molecular flexibility index (Phi) is 4.19. The third-order valence-corrected chi connectivity index (χ3v) is 5.68. The molecule has 20 heavy (non-hydrogen) atoms. The largest absolute Gasteiger partial charge is 0.371 e. The maximum Gasteiger partial charge on any atom is 0.246 e. The molecule has 2 rings (SSSR count). The molecule has 1 aromatic heterocycles. The van der Waals surface area contributed by atoms with Crippen LogP contribution in [0.15, 0.2) is 4.90 Å². The molecule has 2 unspecified atom stereocenters. The number of hydrogen-bond acceptors (Lipinski definition) is 5. The SMILES string of the molecule is Cc1nn(C)c(C)c1S(=O)(=O)N1CC(C)OC(CN)C1. The Bertz CT molecular complexity index is 596. The summed E-state index contributed by atoms with van der Waals surface area (Å²) in [4.78, 5) is 0.296. The summed E-state index contributed by atoms with van der Waals surface area (Å²) < 4.78 is 34.3. The molecule has 0 bridgehead atoms. The predicted molar refractivity (Wildman–Crippen MR) is 74.8 cm³/mol. The van der Waals surface area contributed by atoms with Gasteiger partial charge >= 0.3 is 0 Å². The lowest BCUT2D eigenvalue weighted by molar-refractivity contribution is -0.0486. The number of ether oxygens (including phenoxy) is 1. The molecule has 2 N–H and O–H groups in total. The van der Waals surface area contributed by atoms with Crippen molar-refractivity contribution in [2.75, 3.05) is 19.6 Å². The van der Waals surface area contributed by atoms with Gasteiger partial charge in [-0.15, -0.1) is 0 Å². The number of sulfonamides is 1. The van der Waals surface area contributed by atoms with Crippen LogP contribution in [0.2, 0.25) is 0 Å². The van der Waals surface area contributed by atoms with Crippen LogP contribution >= 0.6 is 0 Å². The Hall–Kier alpha value is -0.960. The molecular formula is C12H22N4O3S. The number of aryl methyl sites for hydroxylation is 2. The highest BCUT2D eigenvalue weighted by Gasteiger charge is 2.36. The molecule has 2 heterocycles. The predicted octanol–water partition coefficient (Wildman–Crippen LogP) is -0.226. The molecule has 0 saturated carbocycles. The van der Waals surface area contributed by atoms with E-state index in [1.54, 1.807) is 25.6 Å². The van der Waals surface area contributed by atoms with Crippen LogP contribution in [0.1, 0.15) is 18.3 Å². The van der Waals surface area contributed by atoms with Crippen LogP contribution in [0.25, 0.3) is 0 Å². The van der Waals surface area contributed by atoms with E-state index in [1.807, 2.05) is 6.92 Å². The van der Waals surface area contributed by atoms with E-state index >= 15 is 0 Å². The maximum atomic E-state index is 12.8. The molecular weight excluding hydrogens is 280 g/mol. The van der Waals surface area contributed by atoms with Crippen LogP contribution in [-0.4, -0.2) is 54.3 Å². The van der Waals surface area contributed by atoms with Crippen molar-refractivity contribution in [2.45, 2.75) is 37.9 Å². The summed E-state index contributed by atoms with van der Waals surface area (Å²) in [7, 11) is -1.82. The van der Waals surface area contributed by atoms with Gasteiger partial charge in [0, 0.05) is 26.7 Å². The Morgan fingerprint density at radius 3 is 2.55 bits per heavy atom. The molecule has 1 saturated heterocycles. The molecule has 1 aliphatic rings. The second-order valence-electron chi connectivity index (χ2n) is 5.25. The molecule has 0 aromatic carbocycles. The van der Waals surface area contributed by atoms with E-state index in [0.29, 0.717) is 29.4 Å². The number of morpholine rings is 1. The van der Waals surface area contributed by atoms with Gasteiger partial charge in [-0.3, -0.25) is 4.68 Å². The van der Waals surface area contributed by atoms with E-state index < -0.39 is 10.0 Å². The minimum absolute atomic E-state index is 0.163. The number of nitrogens with two attached hydrogens (primary N) is 1. The summed E-state index contributed by atoms with van der Waals surface area (Å²) in [5, 5.41) is 4.18. The molecule has 7 nitrogen and oxygen atoms in total. The topological polar surface area (TPSA) is 90.5 Å². The molecule has 114 valence electrons. The van der Waals surface area contributed by atoms with Gasteiger partial charge in [0.05, 0.1) is 23.6 Å². The van der Waals surface area contributed by atoms with Crippen molar-refractivity contribution in [2.24, 2.45) is 12.8 Å². The van der Waals surface area contributed by atoms with Crippen LogP contribution in [0.3, 0.4) is 0 Å². The highest BCUT2D eigenvalue weighted by atomic mass is 32.2. The Balaban J connectivity index is 2.39. The molecule has 1 aromatic rings. The Labute approximate surface area is 119 Å². The van der Waals surface area contributed by atoms with E-state index in [-0.39, 0.29) is 18.8 Å². The zero-order valence-corrected chi connectivity index (χ0v) is 13.1. The summed E-state index contributed by atoms with van der Waals surface area (Å²) in [6.45, 7) is 6.26. The van der Waals surface area contributed by atoms with Gasteiger partial charge in [-0.1, -0.05) is 0 Å². The fourth-order valence-corrected chi connectivity index (χ4v) is 4.53. The summed E-state index contributed by atoms with van der Waals surface area (Å²) in [5.41, 5.74) is 6.78. The third-order valence-electron chi connectivity index (χ3n) is 3.60. The van der Waals surface area contributed by atoms with Gasteiger partial charge in [-0.05, 0) is 20.8 Å². The molecule has 1 fully saturated rings. The van der Waals surface area contributed by atoms with Crippen molar-refractivity contribution in [1.29, 1.82) is 0 Å². The number of rotatable bonds is 3. The van der Waals surface area contributed by atoms with Gasteiger partial charge in [-0.2, -0.15) is 9.40 Å². The monoisotopic (exact) mass is 302 g/mol. The molecule has 0 amide bonds. The Morgan fingerprint density at radius 1 is 1.40 bits per heavy atom. The van der Waals surface area contributed by atoms with Gasteiger partial charge in [0.2, 0.25) is 10.0 Å². The van der Waals surface area contributed by atoms with E-state index in [4.69, 9.17) is 10.5 Å². The van der Waals surface area contributed by atoms with Gasteiger partial charge in [0.25, 0.3) is 0 Å². The second kappa shape index (κ2) is 5.44. The van der Waals surface area contributed by atoms with E-state index in [9.17, 15) is 8.42 Å². The first-order chi connectivity index (χ1) is 9.27. The zero-order valence-electron chi connectivity index (χ0n) is 12.3. The fraction of sp³-hybridized carbons (Fsp3) is 0.750. The standard InChI is InChI=1S/C12H22N4O3S/c1-8-6-16(7-11(5-13)19-8)20(17,18)12-9(2)14-15(4)10(12)3/h8,11H,5-7,13H2,1-4H3. The Morgan fingerprint density at radius 2 is 2.05 bits per heavy atom. The minimum Gasteiger partial charge on any atom is -0.371 e. The fourth-order valence-electron chi connectivity index (χ4n) is 2.59. The van der Waals surface area contributed by atoms with Crippen molar-refractivity contribution in [1.82, 2.24) is 14.1 Å². The van der Waals surface area contributed by atoms with Crippen LogP contribution in [0.5, 0.6) is 0 Å². The average Bonchev–Trinajstić information content (AvgIpc) is 2.62. The first-order valence-electron chi connectivity index (χ1n) is 6.63. The second-order valence-corrected chi connectivity index (χ2v) is 7.12. The highest BCUT2D eigenvalue weighted by Crippen LogP contribution is 2.25. The summed E-state index contributed by atoms with van der Waals surface area (Å²) in [5.74, 6) is 0. The highest BCUT2D eigenvalue weighted by molar-refractivity contribution is 7.89. The maximum absolute atomic E-state index is 12.8. The lowest BCUT2D eigenvalue weighted by Crippen LogP contribution is -2.51. The van der Waals surface area contributed by atoms with Crippen LogP contribution < -0.4 is 5.73 Å². The lowest BCUT2D eigenvalue weighted by atomic mass is 10.2. The summed E-state index contributed by atoms with van der Waals surface area (Å²) in [6, 6.07) is 0. The van der Waals surface area contributed by atoms with Crippen molar-refractivity contribution < 1.29 is 13.2 Å². The molecule has 0 radical (unpaired) electrons. The first kappa shape index (κ1) is 15.4. The minimum atomic E-state index is -3.56. The zero-order chi connectivity index (χ0) is 15.1. The quantitative estimate of drug-likeness (QED) is 0.833. The molecule has 0 aliphatic carbocycles. The number of hydrogen-bond donors (Lipinski definition) is 1. The van der Waals surface area contributed by atoms with Gasteiger partial charge in [0.1, 0.15) is 4.90 Å². The number of aromatic nitrogens is 2. The van der Waals surface area contributed by atoms with Crippen molar-refractivity contribution in [3.63, 3.8) is 0 Å². The van der Waals surface area contributed by atoms with Crippen molar-refractivity contribution in [3.8, 4) is 0 Å². The van der Waals surface area contributed by atoms with Crippen LogP contribution in [-0.2, 0) is 21.8 Å². The van der Waals surface area contributed by atoms with Gasteiger partial charge in [-0.25, -0.2) is 8.42 Å². The van der Waals surface area contributed by atoms with Gasteiger partial charge < -0.3 is 10.5 Å². The molecule has 8 heteroatoms. The van der Waals surface area contributed by atoms with Crippen LogP contribution in [0, 0.1) is 13.8 Å². The normalized spacial score (nSPS) is 25.1. The lowest BCUT2D eigenvalue weighted by Gasteiger charge is -2.35. The first-order valence-corrected chi connectivity index (χ1v) is 8.07. The van der Waals surface area contributed by atoms with Crippen molar-refractivity contribution in [3.05, 3.63) is 11.4 Å². The van der Waals surface area contributed by atoms with E-state index in [1.165, 1.54) is 4.31 Å². The number of nitrogens with zero attached hydrogens (tertiary/aromatic N) is 3. The van der Waals surface area contributed by atoms with E-state index in [2.05, 4.69) is 5.10 Å². The smallest absolute Gasteiger partial charge is 0.246 e. The van der Waals surface area contributed by atoms with Crippen LogP contribution in [0.4, 0.5) is 0 Å². The van der Waals surface area contributed by atoms with Gasteiger partial charge in [0.15, 0.2) is 0 Å². The molecule has 1 aliphatic heterocycles. The van der Waals surface area contributed by atoms with E-state index in [0.717, 1.165) is 0 Å². The summed E-state index contributed by atoms with van der Waals surface area (Å²) >= 11 is 0. The molecule has 0 spiro atoms. The van der Waals surface area contributed by atoms with Crippen molar-refractivity contribution >= 4 is 10.0 Å².